The fraction of sp³-hybridized carbons (Fsp3) is 0.529. The topological polar surface area (TPSA) is 79.1 Å². The van der Waals surface area contributed by atoms with Gasteiger partial charge in [0, 0.05) is 37.6 Å². The lowest BCUT2D eigenvalue weighted by atomic mass is 10.2. The molecule has 2 N–H and O–H groups in total. The number of hydrogen-bond acceptors (Lipinski definition) is 4. The number of hydrogen-bond donors (Lipinski definition) is 1. The van der Waals surface area contributed by atoms with Crippen molar-refractivity contribution in [3.63, 3.8) is 0 Å². The largest absolute Gasteiger partial charge is 0.444 e. The maximum absolute atomic E-state index is 12.6. The van der Waals surface area contributed by atoms with Crippen molar-refractivity contribution >= 4 is 23.5 Å². The van der Waals surface area contributed by atoms with Gasteiger partial charge in [0.15, 0.2) is 0 Å². The molecule has 2 saturated heterocycles. The van der Waals surface area contributed by atoms with Gasteiger partial charge in [-0.2, -0.15) is 0 Å². The summed E-state index contributed by atoms with van der Waals surface area (Å²) in [4.78, 5) is 30.1. The maximum atomic E-state index is 12.6. The molecule has 0 bridgehead atoms. The van der Waals surface area contributed by atoms with Gasteiger partial charge in [0.25, 0.3) is 0 Å². The summed E-state index contributed by atoms with van der Waals surface area (Å²) in [7, 11) is 0. The van der Waals surface area contributed by atoms with Crippen molar-refractivity contribution in [2.24, 2.45) is 0 Å². The van der Waals surface area contributed by atoms with Crippen LogP contribution in [0.3, 0.4) is 0 Å². The average molecular weight is 332 g/mol. The molecular weight excluding hydrogens is 308 g/mol. The number of piperazine rings is 1. The van der Waals surface area contributed by atoms with Gasteiger partial charge in [0.2, 0.25) is 0 Å². The van der Waals surface area contributed by atoms with Crippen molar-refractivity contribution in [2.75, 3.05) is 36.8 Å². The predicted octanol–water partition coefficient (Wildman–Crippen LogP) is 2.13. The number of carbonyl (C=O) groups is 2. The minimum absolute atomic E-state index is 0.0276. The Kier molecular flexibility index (Phi) is 4.03. The van der Waals surface area contributed by atoms with Gasteiger partial charge in [0.1, 0.15) is 5.60 Å². The van der Waals surface area contributed by atoms with Crippen LogP contribution in [-0.2, 0) is 4.74 Å². The van der Waals surface area contributed by atoms with E-state index < -0.39 is 5.60 Å². The number of benzene rings is 1. The second-order valence-corrected chi connectivity index (χ2v) is 7.26. The van der Waals surface area contributed by atoms with E-state index in [9.17, 15) is 9.59 Å². The molecule has 7 heteroatoms. The molecule has 2 aliphatic heterocycles. The molecule has 1 unspecified atom stereocenters. The quantitative estimate of drug-likeness (QED) is 0.799. The van der Waals surface area contributed by atoms with E-state index in [0.29, 0.717) is 31.9 Å². The van der Waals surface area contributed by atoms with Crippen LogP contribution in [0.4, 0.5) is 21.0 Å². The van der Waals surface area contributed by atoms with Gasteiger partial charge in [-0.25, -0.2) is 9.59 Å². The summed E-state index contributed by atoms with van der Waals surface area (Å²) in [5.74, 6) is 0. The number of carbonyl (C=O) groups excluding carboxylic acids is 2. The zero-order chi connectivity index (χ0) is 17.5. The van der Waals surface area contributed by atoms with Crippen LogP contribution < -0.4 is 10.6 Å². The van der Waals surface area contributed by atoms with Crippen LogP contribution in [0.2, 0.25) is 0 Å². The van der Waals surface area contributed by atoms with Gasteiger partial charge in [-0.05, 0) is 39.0 Å². The summed E-state index contributed by atoms with van der Waals surface area (Å²) in [5.41, 5.74) is 6.71. The third-order valence-corrected chi connectivity index (χ3v) is 4.19. The number of anilines is 2. The van der Waals surface area contributed by atoms with E-state index >= 15 is 0 Å². The molecule has 0 radical (unpaired) electrons. The molecule has 0 aliphatic carbocycles. The smallest absolute Gasteiger partial charge is 0.410 e. The summed E-state index contributed by atoms with van der Waals surface area (Å²) in [6, 6.07) is 7.24. The maximum Gasteiger partial charge on any atom is 0.410 e. The monoisotopic (exact) mass is 332 g/mol. The molecule has 2 heterocycles. The minimum Gasteiger partial charge on any atom is -0.444 e. The van der Waals surface area contributed by atoms with Crippen LogP contribution in [0.15, 0.2) is 24.3 Å². The molecule has 3 rings (SSSR count). The highest BCUT2D eigenvalue weighted by Gasteiger charge is 2.42. The summed E-state index contributed by atoms with van der Waals surface area (Å²) in [6.07, 6.45) is -0.322. The Bertz CT molecular complexity index is 655. The molecule has 0 spiro atoms. The van der Waals surface area contributed by atoms with E-state index in [0.717, 1.165) is 5.69 Å². The Hall–Kier alpha value is -2.44. The highest BCUT2D eigenvalue weighted by Crippen LogP contribution is 2.28. The fourth-order valence-corrected chi connectivity index (χ4v) is 3.11. The molecule has 2 aliphatic rings. The van der Waals surface area contributed by atoms with Crippen molar-refractivity contribution in [3.8, 4) is 0 Å². The molecule has 1 aromatic carbocycles. The first-order chi connectivity index (χ1) is 11.2. The third-order valence-electron chi connectivity index (χ3n) is 4.19. The van der Waals surface area contributed by atoms with Crippen molar-refractivity contribution in [1.82, 2.24) is 9.80 Å². The Balaban J connectivity index is 1.70. The van der Waals surface area contributed by atoms with Crippen molar-refractivity contribution < 1.29 is 14.3 Å². The van der Waals surface area contributed by atoms with Gasteiger partial charge in [-0.3, -0.25) is 4.90 Å². The van der Waals surface area contributed by atoms with E-state index in [2.05, 4.69) is 0 Å². The SMILES string of the molecule is CC(C)(C)OC(=O)N1CCN2C(=O)N(c3cccc(N)c3)CC2C1. The highest BCUT2D eigenvalue weighted by atomic mass is 16.6. The normalized spacial score (nSPS) is 21.0. The molecule has 0 aromatic heterocycles. The molecule has 130 valence electrons. The van der Waals surface area contributed by atoms with E-state index in [1.54, 1.807) is 21.9 Å². The van der Waals surface area contributed by atoms with Crippen molar-refractivity contribution in [3.05, 3.63) is 24.3 Å². The molecule has 2 fully saturated rings. The number of ether oxygens (including phenoxy) is 1. The Labute approximate surface area is 141 Å². The fourth-order valence-electron chi connectivity index (χ4n) is 3.11. The van der Waals surface area contributed by atoms with Crippen LogP contribution >= 0.6 is 0 Å². The lowest BCUT2D eigenvalue weighted by Crippen LogP contribution is -2.54. The van der Waals surface area contributed by atoms with Crippen molar-refractivity contribution in [2.45, 2.75) is 32.4 Å². The molecule has 3 amide bonds. The second kappa shape index (κ2) is 5.89. The summed E-state index contributed by atoms with van der Waals surface area (Å²) in [5, 5.41) is 0. The number of amides is 3. The van der Waals surface area contributed by atoms with Crippen LogP contribution in [0.1, 0.15) is 20.8 Å². The number of nitrogens with two attached hydrogens (primary N) is 1. The summed E-state index contributed by atoms with van der Waals surface area (Å²) < 4.78 is 5.43. The zero-order valence-corrected chi connectivity index (χ0v) is 14.4. The van der Waals surface area contributed by atoms with Crippen LogP contribution in [0.25, 0.3) is 0 Å². The average Bonchev–Trinajstić information content (AvgIpc) is 2.82. The predicted molar refractivity (Wildman–Crippen MR) is 91.9 cm³/mol. The molecule has 0 saturated carbocycles. The highest BCUT2D eigenvalue weighted by molar-refractivity contribution is 5.95. The van der Waals surface area contributed by atoms with Crippen molar-refractivity contribution in [1.29, 1.82) is 0 Å². The molecule has 24 heavy (non-hydrogen) atoms. The standard InChI is InChI=1S/C17H24N4O3/c1-17(2,3)24-16(23)19-7-8-20-14(10-19)11-21(15(20)22)13-6-4-5-12(18)9-13/h4-6,9,14H,7-8,10-11,18H2,1-3H3. The van der Waals surface area contributed by atoms with Gasteiger partial charge in [-0.15, -0.1) is 0 Å². The number of fused-ring (bicyclic) bond motifs is 1. The Morgan fingerprint density at radius 2 is 2.00 bits per heavy atom. The van der Waals surface area contributed by atoms with Crippen LogP contribution in [0.5, 0.6) is 0 Å². The van der Waals surface area contributed by atoms with Crippen LogP contribution in [-0.4, -0.2) is 59.7 Å². The molecule has 1 aromatic rings. The first-order valence-electron chi connectivity index (χ1n) is 8.16. The van der Waals surface area contributed by atoms with E-state index in [1.165, 1.54) is 0 Å². The third kappa shape index (κ3) is 3.25. The summed E-state index contributed by atoms with van der Waals surface area (Å²) in [6.45, 7) is 7.58. The number of rotatable bonds is 1. The number of nitrogens with zero attached hydrogens (tertiary/aromatic N) is 3. The van der Waals surface area contributed by atoms with Gasteiger partial charge in [-0.1, -0.05) is 6.07 Å². The minimum atomic E-state index is -0.521. The number of nitrogen functional groups attached to an aromatic ring is 1. The first kappa shape index (κ1) is 16.4. The van der Waals surface area contributed by atoms with E-state index in [1.807, 2.05) is 37.8 Å². The van der Waals surface area contributed by atoms with Crippen LogP contribution in [0, 0.1) is 0 Å². The Morgan fingerprint density at radius 1 is 1.25 bits per heavy atom. The first-order valence-corrected chi connectivity index (χ1v) is 8.16. The summed E-state index contributed by atoms with van der Waals surface area (Å²) >= 11 is 0. The lowest BCUT2D eigenvalue weighted by molar-refractivity contribution is 0.0128. The zero-order valence-electron chi connectivity index (χ0n) is 14.4. The van der Waals surface area contributed by atoms with Gasteiger partial charge < -0.3 is 20.3 Å². The van der Waals surface area contributed by atoms with Gasteiger partial charge in [0.05, 0.1) is 6.04 Å². The van der Waals surface area contributed by atoms with Gasteiger partial charge >= 0.3 is 12.1 Å². The molecule has 7 nitrogen and oxygen atoms in total. The van der Waals surface area contributed by atoms with E-state index in [4.69, 9.17) is 10.5 Å². The Morgan fingerprint density at radius 3 is 2.67 bits per heavy atom. The second-order valence-electron chi connectivity index (χ2n) is 7.26. The lowest BCUT2D eigenvalue weighted by Gasteiger charge is -2.36. The molecular formula is C17H24N4O3. The van der Waals surface area contributed by atoms with E-state index in [-0.39, 0.29) is 18.2 Å². The molecule has 1 atom stereocenters. The number of urea groups is 1.